The highest BCUT2D eigenvalue weighted by molar-refractivity contribution is 7.87. The minimum Gasteiger partial charge on any atom is -0.282 e. The van der Waals surface area contributed by atoms with E-state index < -0.39 is 101 Å². The second-order valence-electron chi connectivity index (χ2n) is 7.31. The van der Waals surface area contributed by atoms with E-state index in [-0.39, 0.29) is 0 Å². The molecule has 0 bridgehead atoms. The molecule has 0 aromatic heterocycles. The SMILES string of the molecule is O=S(=O)(O)C(F)(F)C(F)(F)C(F)(F)C(F)(F)C(F)(F)C(F)(F)C(F)(F)C(F)(F)F.O=S(=O)(O)c1c(F)c(F)c(F)c(F)c1F. The van der Waals surface area contributed by atoms with Crippen LogP contribution in [0.3, 0.4) is 0 Å². The monoisotopic (exact) mass is 748 g/mol. The highest BCUT2D eigenvalue weighted by atomic mass is 32.2. The van der Waals surface area contributed by atoms with Crippen molar-refractivity contribution in [3.63, 3.8) is 0 Å². The maximum atomic E-state index is 13.0. The van der Waals surface area contributed by atoms with Gasteiger partial charge in [-0.1, -0.05) is 0 Å². The van der Waals surface area contributed by atoms with Gasteiger partial charge in [0.15, 0.2) is 28.2 Å². The zero-order chi connectivity index (χ0) is 36.5. The Morgan fingerprint density at radius 2 is 0.614 bits per heavy atom. The Bertz CT molecular complexity index is 1450. The number of alkyl halides is 17. The first-order valence-electron chi connectivity index (χ1n) is 8.85. The van der Waals surface area contributed by atoms with Gasteiger partial charge in [0.2, 0.25) is 5.82 Å². The fourth-order valence-electron chi connectivity index (χ4n) is 2.12. The van der Waals surface area contributed by atoms with Gasteiger partial charge in [-0.25, -0.2) is 22.0 Å². The number of hydrogen-bond acceptors (Lipinski definition) is 4. The molecule has 0 amide bonds. The van der Waals surface area contributed by atoms with Crippen LogP contribution < -0.4 is 0 Å². The predicted molar refractivity (Wildman–Crippen MR) is 88.3 cm³/mol. The first-order valence-corrected chi connectivity index (χ1v) is 11.7. The summed E-state index contributed by atoms with van der Waals surface area (Å²) in [7, 11) is -13.4. The maximum absolute atomic E-state index is 13.0. The van der Waals surface area contributed by atoms with Gasteiger partial charge in [-0.2, -0.15) is 91.5 Å². The summed E-state index contributed by atoms with van der Waals surface area (Å²) in [4.78, 5) is -2.26. The van der Waals surface area contributed by atoms with Gasteiger partial charge in [0.1, 0.15) is 0 Å². The second kappa shape index (κ2) is 11.1. The fourth-order valence-corrected chi connectivity index (χ4v) is 3.21. The summed E-state index contributed by atoms with van der Waals surface area (Å²) in [5, 5.41) is -7.84. The summed E-state index contributed by atoms with van der Waals surface area (Å²) < 4.78 is 334. The summed E-state index contributed by atoms with van der Waals surface area (Å²) >= 11 is 0. The van der Waals surface area contributed by atoms with Crippen molar-refractivity contribution in [3.05, 3.63) is 29.1 Å². The molecule has 0 spiro atoms. The van der Waals surface area contributed by atoms with Crippen LogP contribution in [0, 0.1) is 29.1 Å². The van der Waals surface area contributed by atoms with Crippen LogP contribution in [0.4, 0.5) is 96.6 Å². The molecule has 0 aliphatic rings. The predicted octanol–water partition coefficient (Wildman–Crippen LogP) is 6.47. The van der Waals surface area contributed by atoms with Crippen molar-refractivity contribution in [2.45, 2.75) is 51.9 Å². The van der Waals surface area contributed by atoms with Crippen LogP contribution in [-0.2, 0) is 20.2 Å². The highest BCUT2D eigenvalue weighted by Gasteiger charge is 2.96. The molecular formula is C14H2F22O6S2. The van der Waals surface area contributed by atoms with Crippen LogP contribution >= 0.6 is 0 Å². The number of halogens is 22. The molecule has 0 radical (unpaired) electrons. The molecule has 1 rings (SSSR count). The maximum Gasteiger partial charge on any atom is 0.460 e. The molecular weight excluding hydrogens is 746 g/mol. The summed E-state index contributed by atoms with van der Waals surface area (Å²) in [5.74, 6) is -64.6. The Morgan fingerprint density at radius 1 is 0.386 bits per heavy atom. The van der Waals surface area contributed by atoms with E-state index >= 15 is 0 Å². The Morgan fingerprint density at radius 3 is 0.841 bits per heavy atom. The summed E-state index contributed by atoms with van der Waals surface area (Å²) in [6.45, 7) is 0. The molecule has 6 nitrogen and oxygen atoms in total. The molecule has 0 aliphatic carbocycles. The van der Waals surface area contributed by atoms with Crippen molar-refractivity contribution in [2.75, 3.05) is 0 Å². The van der Waals surface area contributed by atoms with Crippen molar-refractivity contribution < 1.29 is 123 Å². The molecule has 44 heavy (non-hydrogen) atoms. The molecule has 0 saturated heterocycles. The third-order valence-electron chi connectivity index (χ3n) is 4.44. The molecule has 2 N–H and O–H groups in total. The van der Waals surface area contributed by atoms with E-state index in [0.29, 0.717) is 0 Å². The third kappa shape index (κ3) is 5.91. The standard InChI is InChI=1S/C8HF17O3S.C6HF5O3S/c9-1(10,3(13,14)5(17,18)7(21,22)23)2(11,12)4(15,16)6(19,20)8(24,25)29(26,27)28;7-1-2(8)4(10)6(15(12,13)14)5(11)3(1)9/h(H,26,27,28);(H,12,13,14). The van der Waals surface area contributed by atoms with E-state index in [0.717, 1.165) is 0 Å². The van der Waals surface area contributed by atoms with Crippen LogP contribution in [-0.4, -0.2) is 72.9 Å². The van der Waals surface area contributed by atoms with Crippen LogP contribution in [0.1, 0.15) is 0 Å². The molecule has 0 aliphatic heterocycles. The van der Waals surface area contributed by atoms with Gasteiger partial charge in [0.25, 0.3) is 0 Å². The minimum absolute atomic E-state index is 2.26. The van der Waals surface area contributed by atoms with Crippen LogP contribution in [0.25, 0.3) is 0 Å². The molecule has 30 heteroatoms. The average Bonchev–Trinajstić information content (AvgIpc) is 2.78. The number of benzene rings is 1. The quantitative estimate of drug-likeness (QED) is 0.137. The molecule has 0 heterocycles. The largest absolute Gasteiger partial charge is 0.460 e. The van der Waals surface area contributed by atoms with Crippen LogP contribution in [0.5, 0.6) is 0 Å². The minimum atomic E-state index is -8.89. The van der Waals surface area contributed by atoms with Gasteiger partial charge in [-0.05, 0) is 0 Å². The Balaban J connectivity index is 0.00000103. The molecule has 1 aromatic carbocycles. The molecule has 0 unspecified atom stereocenters. The lowest BCUT2D eigenvalue weighted by atomic mass is 9.91. The Labute approximate surface area is 224 Å². The van der Waals surface area contributed by atoms with Crippen molar-refractivity contribution in [1.29, 1.82) is 0 Å². The Kier molecular flexibility index (Phi) is 10.5. The van der Waals surface area contributed by atoms with Crippen molar-refractivity contribution >= 4 is 20.2 Å². The van der Waals surface area contributed by atoms with Crippen molar-refractivity contribution in [1.82, 2.24) is 0 Å². The molecule has 0 atom stereocenters. The van der Waals surface area contributed by atoms with Gasteiger partial charge in [0.05, 0.1) is 0 Å². The van der Waals surface area contributed by atoms with E-state index in [1.807, 2.05) is 0 Å². The molecule has 260 valence electrons. The second-order valence-corrected chi connectivity index (χ2v) is 10.1. The summed E-state index contributed by atoms with van der Waals surface area (Å²) in [6, 6.07) is 0. The van der Waals surface area contributed by atoms with E-state index in [4.69, 9.17) is 9.11 Å². The van der Waals surface area contributed by atoms with E-state index in [2.05, 4.69) is 0 Å². The van der Waals surface area contributed by atoms with E-state index in [1.54, 1.807) is 0 Å². The van der Waals surface area contributed by atoms with E-state index in [1.165, 1.54) is 0 Å². The van der Waals surface area contributed by atoms with Gasteiger partial charge in [-0.15, -0.1) is 0 Å². The smallest absolute Gasteiger partial charge is 0.282 e. The normalized spacial score (nSPS) is 15.2. The lowest BCUT2D eigenvalue weighted by molar-refractivity contribution is -0.458. The first kappa shape index (κ1) is 41.5. The lowest BCUT2D eigenvalue weighted by Gasteiger charge is -2.42. The lowest BCUT2D eigenvalue weighted by Crippen LogP contribution is -2.74. The van der Waals surface area contributed by atoms with Crippen LogP contribution in [0.15, 0.2) is 4.90 Å². The zero-order valence-corrected chi connectivity index (χ0v) is 20.3. The van der Waals surface area contributed by atoms with Gasteiger partial charge in [-0.3, -0.25) is 9.11 Å². The molecule has 0 fully saturated rings. The summed E-state index contributed by atoms with van der Waals surface area (Å²) in [6.07, 6.45) is -7.88. The fraction of sp³-hybridized carbons (Fsp3) is 0.571. The van der Waals surface area contributed by atoms with Gasteiger partial charge < -0.3 is 0 Å². The van der Waals surface area contributed by atoms with Gasteiger partial charge >= 0.3 is 67.2 Å². The number of rotatable bonds is 8. The zero-order valence-electron chi connectivity index (χ0n) is 18.7. The topological polar surface area (TPSA) is 109 Å². The number of hydrogen-bond donors (Lipinski definition) is 2. The van der Waals surface area contributed by atoms with Crippen LogP contribution in [0.2, 0.25) is 0 Å². The van der Waals surface area contributed by atoms with E-state index in [9.17, 15) is 113 Å². The summed E-state index contributed by atoms with van der Waals surface area (Å²) in [5.41, 5.74) is 0. The molecule has 0 saturated carbocycles. The third-order valence-corrected chi connectivity index (χ3v) is 6.22. The molecule has 1 aromatic rings. The van der Waals surface area contributed by atoms with Gasteiger partial charge in [0, 0.05) is 0 Å². The average molecular weight is 748 g/mol. The first-order chi connectivity index (χ1) is 18.7. The Hall–Kier alpha value is -2.50. The highest BCUT2D eigenvalue weighted by Crippen LogP contribution is 2.64. The van der Waals surface area contributed by atoms with Crippen molar-refractivity contribution in [2.24, 2.45) is 0 Å². The van der Waals surface area contributed by atoms with Crippen molar-refractivity contribution in [3.8, 4) is 0 Å².